The summed E-state index contributed by atoms with van der Waals surface area (Å²) in [5.41, 5.74) is 1.45. The minimum atomic E-state index is -0.546. The van der Waals surface area contributed by atoms with Gasteiger partial charge < -0.3 is 14.0 Å². The highest BCUT2D eigenvalue weighted by molar-refractivity contribution is 5.87. The summed E-state index contributed by atoms with van der Waals surface area (Å²) in [6, 6.07) is 9.78. The van der Waals surface area contributed by atoms with Gasteiger partial charge in [0.05, 0.1) is 31.8 Å². The van der Waals surface area contributed by atoms with Gasteiger partial charge in [0.25, 0.3) is 0 Å². The highest BCUT2D eigenvalue weighted by atomic mass is 18.2. The number of halogens is 1. The molecule has 0 spiro atoms. The highest BCUT2D eigenvalue weighted by Crippen LogP contribution is 2.19. The molecule has 1 aromatic carbocycles. The maximum absolute atomic E-state index is 12.1. The van der Waals surface area contributed by atoms with Crippen LogP contribution in [0.15, 0.2) is 42.9 Å². The Morgan fingerprint density at radius 1 is 1.27 bits per heavy atom. The van der Waals surface area contributed by atoms with Gasteiger partial charge in [-0.05, 0) is 12.5 Å². The summed E-state index contributed by atoms with van der Waals surface area (Å²) in [5, 5.41) is 0. The van der Waals surface area contributed by atoms with Gasteiger partial charge in [-0.15, -0.1) is 0 Å². The molecule has 0 N–H and O–H groups in total. The minimum absolute atomic E-state index is 0.0144. The number of hydrogen-bond donors (Lipinski definition) is 0. The number of nitrogens with zero attached hydrogens (tertiary/aromatic N) is 2. The van der Waals surface area contributed by atoms with Gasteiger partial charge in [-0.25, -0.2) is 14.2 Å². The lowest BCUT2D eigenvalue weighted by Gasteiger charge is -2.16. The molecule has 0 amide bonds. The molecule has 118 valence electrons. The highest BCUT2D eigenvalue weighted by Gasteiger charge is 2.18. The van der Waals surface area contributed by atoms with Crippen molar-refractivity contribution < 1.29 is 18.7 Å². The Labute approximate surface area is 128 Å². The molecule has 1 aromatic heterocycles. The number of carbonyl (C=O) groups is 1. The first kappa shape index (κ1) is 16.2. The van der Waals surface area contributed by atoms with Gasteiger partial charge >= 0.3 is 5.97 Å². The predicted octanol–water partition coefficient (Wildman–Crippen LogP) is 2.64. The van der Waals surface area contributed by atoms with E-state index in [0.29, 0.717) is 5.69 Å². The van der Waals surface area contributed by atoms with Crippen molar-refractivity contribution >= 4 is 5.97 Å². The first-order valence-corrected chi connectivity index (χ1v) is 7.11. The number of benzene rings is 1. The van der Waals surface area contributed by atoms with Crippen LogP contribution in [0.1, 0.15) is 29.0 Å². The molecule has 0 saturated heterocycles. The van der Waals surface area contributed by atoms with Crippen LogP contribution in [0.4, 0.5) is 4.39 Å². The summed E-state index contributed by atoms with van der Waals surface area (Å²) in [6.45, 7) is 1.72. The largest absolute Gasteiger partial charge is 0.459 e. The van der Waals surface area contributed by atoms with Crippen LogP contribution in [-0.4, -0.2) is 42.0 Å². The third-order valence-corrected chi connectivity index (χ3v) is 3.26. The van der Waals surface area contributed by atoms with Crippen LogP contribution in [0.5, 0.6) is 0 Å². The average Bonchev–Trinajstić information content (AvgIpc) is 3.04. The molecule has 1 heterocycles. The number of rotatable bonds is 8. The van der Waals surface area contributed by atoms with E-state index in [9.17, 15) is 9.18 Å². The third kappa shape index (κ3) is 4.14. The summed E-state index contributed by atoms with van der Waals surface area (Å²) in [5.74, 6) is -0.468. The first-order valence-electron chi connectivity index (χ1n) is 7.11. The van der Waals surface area contributed by atoms with Crippen molar-refractivity contribution in [2.45, 2.75) is 13.0 Å². The molecule has 0 bridgehead atoms. The van der Waals surface area contributed by atoms with Crippen molar-refractivity contribution in [2.75, 3.05) is 26.5 Å². The summed E-state index contributed by atoms with van der Waals surface area (Å²) in [7, 11) is 0. The maximum Gasteiger partial charge on any atom is 0.356 e. The van der Waals surface area contributed by atoms with E-state index in [-0.39, 0.29) is 25.9 Å². The van der Waals surface area contributed by atoms with Crippen molar-refractivity contribution in [3.63, 3.8) is 0 Å². The van der Waals surface area contributed by atoms with Crippen molar-refractivity contribution in [1.82, 2.24) is 9.55 Å². The lowest BCUT2D eigenvalue weighted by molar-refractivity contribution is 0.0289. The van der Waals surface area contributed by atoms with Gasteiger partial charge in [-0.3, -0.25) is 0 Å². The Morgan fingerprint density at radius 3 is 2.77 bits per heavy atom. The van der Waals surface area contributed by atoms with E-state index in [0.717, 1.165) is 5.56 Å². The van der Waals surface area contributed by atoms with E-state index in [1.807, 2.05) is 37.3 Å². The standard InChI is InChI=1S/C16H19FN2O3/c1-13(14-5-3-2-4-6-14)19-12-18-11-15(19)16(20)22-10-9-21-8-7-17/h2-6,11-13H,7-10H2,1H3/t13-/m1/s1/i17-1. The Balaban J connectivity index is 1.98. The fraction of sp³-hybridized carbons (Fsp3) is 0.375. The van der Waals surface area contributed by atoms with Crippen LogP contribution >= 0.6 is 0 Å². The number of ether oxygens (including phenoxy) is 2. The van der Waals surface area contributed by atoms with Gasteiger partial charge in [0, 0.05) is 0 Å². The summed E-state index contributed by atoms with van der Waals surface area (Å²) in [4.78, 5) is 16.1. The van der Waals surface area contributed by atoms with E-state index in [1.54, 1.807) is 10.9 Å². The van der Waals surface area contributed by atoms with Crippen LogP contribution in [0, 0.1) is 0 Å². The summed E-state index contributed by atoms with van der Waals surface area (Å²) in [6.07, 6.45) is 3.08. The van der Waals surface area contributed by atoms with Gasteiger partial charge in [-0.1, -0.05) is 30.3 Å². The predicted molar refractivity (Wildman–Crippen MR) is 79.6 cm³/mol. The lowest BCUT2D eigenvalue weighted by Crippen LogP contribution is -2.17. The molecule has 22 heavy (non-hydrogen) atoms. The average molecular weight is 305 g/mol. The Morgan fingerprint density at radius 2 is 2.05 bits per heavy atom. The van der Waals surface area contributed by atoms with Gasteiger partial charge in [-0.2, -0.15) is 0 Å². The topological polar surface area (TPSA) is 53.4 Å². The number of esters is 1. The number of aromatic nitrogens is 2. The monoisotopic (exact) mass is 305 g/mol. The van der Waals surface area contributed by atoms with Crippen LogP contribution in [-0.2, 0) is 9.47 Å². The normalized spacial score (nSPS) is 12.1. The smallest absolute Gasteiger partial charge is 0.356 e. The molecule has 2 aromatic rings. The molecular weight excluding hydrogens is 286 g/mol. The van der Waals surface area contributed by atoms with E-state index in [1.165, 1.54) is 6.20 Å². The zero-order valence-corrected chi connectivity index (χ0v) is 12.4. The number of alkyl halides is 1. The third-order valence-electron chi connectivity index (χ3n) is 3.26. The molecule has 0 unspecified atom stereocenters. The molecule has 1 atom stereocenters. The molecule has 6 heteroatoms. The molecule has 0 aliphatic carbocycles. The quantitative estimate of drug-likeness (QED) is 0.556. The second-order valence-corrected chi connectivity index (χ2v) is 4.71. The van der Waals surface area contributed by atoms with Gasteiger partial charge in [0.2, 0.25) is 0 Å². The molecule has 0 aliphatic rings. The van der Waals surface area contributed by atoms with Gasteiger partial charge in [0.1, 0.15) is 19.0 Å². The molecule has 0 fully saturated rings. The molecule has 2 rings (SSSR count). The van der Waals surface area contributed by atoms with E-state index in [4.69, 9.17) is 9.47 Å². The maximum atomic E-state index is 12.1. The van der Waals surface area contributed by atoms with Crippen molar-refractivity contribution in [3.8, 4) is 0 Å². The van der Waals surface area contributed by atoms with Crippen molar-refractivity contribution in [1.29, 1.82) is 0 Å². The number of imidazole rings is 1. The van der Waals surface area contributed by atoms with E-state index in [2.05, 4.69) is 4.98 Å². The zero-order valence-electron chi connectivity index (χ0n) is 12.4. The number of carbonyl (C=O) groups excluding carboxylic acids is 1. The Kier molecular flexibility index (Phi) is 6.09. The van der Waals surface area contributed by atoms with Gasteiger partial charge in [0.15, 0.2) is 0 Å². The SMILES string of the molecule is C[C@H](c1ccccc1)n1cncc1C(=O)OCCOCC[18F]. The second kappa shape index (κ2) is 8.29. The number of hydrogen-bond acceptors (Lipinski definition) is 4. The van der Waals surface area contributed by atoms with E-state index < -0.39 is 12.6 Å². The van der Waals surface area contributed by atoms with Crippen LogP contribution in [0.2, 0.25) is 0 Å². The van der Waals surface area contributed by atoms with E-state index >= 15 is 0 Å². The van der Waals surface area contributed by atoms with Crippen molar-refractivity contribution in [3.05, 3.63) is 54.1 Å². The molecule has 0 radical (unpaired) electrons. The Bertz CT molecular complexity index is 586. The van der Waals surface area contributed by atoms with Crippen LogP contribution in [0.25, 0.3) is 0 Å². The summed E-state index contributed by atoms with van der Waals surface area (Å²) < 4.78 is 23.7. The molecular formula is C16H19FN2O3. The Hall–Kier alpha value is -2.21. The van der Waals surface area contributed by atoms with Crippen LogP contribution < -0.4 is 0 Å². The molecule has 0 aliphatic heterocycles. The first-order chi connectivity index (χ1) is 10.7. The van der Waals surface area contributed by atoms with Crippen LogP contribution in [0.3, 0.4) is 0 Å². The second-order valence-electron chi connectivity index (χ2n) is 4.71. The molecule has 5 nitrogen and oxygen atoms in total. The fourth-order valence-corrected chi connectivity index (χ4v) is 2.09. The zero-order chi connectivity index (χ0) is 15.8. The fourth-order valence-electron chi connectivity index (χ4n) is 2.09. The summed E-state index contributed by atoms with van der Waals surface area (Å²) >= 11 is 0. The van der Waals surface area contributed by atoms with Crippen molar-refractivity contribution in [2.24, 2.45) is 0 Å². The molecule has 0 saturated carbocycles. The minimum Gasteiger partial charge on any atom is -0.459 e. The lowest BCUT2D eigenvalue weighted by atomic mass is 10.1.